The van der Waals surface area contributed by atoms with Gasteiger partial charge in [0.15, 0.2) is 0 Å². The number of carbonyl (C=O) groups is 1. The van der Waals surface area contributed by atoms with Crippen molar-refractivity contribution in [2.75, 3.05) is 12.3 Å². The Hall–Kier alpha value is -1.40. The van der Waals surface area contributed by atoms with Gasteiger partial charge in [0, 0.05) is 17.5 Å². The Balaban J connectivity index is 1.94. The number of hydrogen-bond acceptors (Lipinski definition) is 5. The van der Waals surface area contributed by atoms with Crippen LogP contribution >= 0.6 is 23.3 Å². The molecule has 3 rings (SSSR count). The minimum atomic E-state index is 0.0767. The number of aryl methyl sites for hydroxylation is 1. The zero-order chi connectivity index (χ0) is 15.5. The topological polar surface area (TPSA) is 46.1 Å². The lowest BCUT2D eigenvalue weighted by Gasteiger charge is -2.39. The summed E-state index contributed by atoms with van der Waals surface area (Å²) in [5.41, 5.74) is 2.01. The van der Waals surface area contributed by atoms with Crippen LogP contribution in [0.3, 0.4) is 0 Å². The molecule has 6 heteroatoms. The van der Waals surface area contributed by atoms with E-state index in [1.807, 2.05) is 41.8 Å². The van der Waals surface area contributed by atoms with Crippen LogP contribution in [0.2, 0.25) is 0 Å². The van der Waals surface area contributed by atoms with Gasteiger partial charge >= 0.3 is 0 Å². The van der Waals surface area contributed by atoms with Gasteiger partial charge in [-0.25, -0.2) is 0 Å². The van der Waals surface area contributed by atoms with Crippen molar-refractivity contribution in [2.45, 2.75) is 31.6 Å². The lowest BCUT2D eigenvalue weighted by Crippen LogP contribution is -2.44. The maximum absolute atomic E-state index is 13.0. The van der Waals surface area contributed by atoms with Crippen molar-refractivity contribution in [1.82, 2.24) is 14.5 Å². The van der Waals surface area contributed by atoms with E-state index in [9.17, 15) is 4.79 Å². The van der Waals surface area contributed by atoms with Gasteiger partial charge in [0.05, 0.1) is 11.7 Å². The third-order valence-electron chi connectivity index (χ3n) is 3.98. The quantitative estimate of drug-likeness (QED) is 0.863. The Kier molecular flexibility index (Phi) is 4.78. The first-order chi connectivity index (χ1) is 10.7. The molecule has 0 spiro atoms. The lowest BCUT2D eigenvalue weighted by molar-refractivity contribution is 0.0684. The molecule has 1 aliphatic rings. The molecule has 4 nitrogen and oxygen atoms in total. The molecule has 0 N–H and O–H groups in total. The van der Waals surface area contributed by atoms with Crippen molar-refractivity contribution < 1.29 is 4.79 Å². The van der Waals surface area contributed by atoms with Crippen molar-refractivity contribution >= 4 is 29.2 Å². The van der Waals surface area contributed by atoms with Gasteiger partial charge in [-0.2, -0.15) is 11.8 Å². The van der Waals surface area contributed by atoms with Crippen LogP contribution in [0.5, 0.6) is 0 Å². The Bertz CT molecular complexity index is 644. The molecular formula is C16H19N3OS2. The molecule has 2 unspecified atom stereocenters. The molecule has 0 aliphatic carbocycles. The average molecular weight is 333 g/mol. The van der Waals surface area contributed by atoms with Crippen LogP contribution in [0, 0.1) is 0 Å². The van der Waals surface area contributed by atoms with E-state index < -0.39 is 0 Å². The second-order valence-electron chi connectivity index (χ2n) is 5.33. The second kappa shape index (κ2) is 6.79. The van der Waals surface area contributed by atoms with Gasteiger partial charge in [0.1, 0.15) is 4.88 Å². The molecule has 1 amide bonds. The second-order valence-corrected chi connectivity index (χ2v) is 7.57. The highest BCUT2D eigenvalue weighted by molar-refractivity contribution is 8.00. The van der Waals surface area contributed by atoms with Crippen LogP contribution in [-0.2, 0) is 6.42 Å². The first-order valence-corrected chi connectivity index (χ1v) is 9.33. The molecule has 0 saturated carbocycles. The summed E-state index contributed by atoms with van der Waals surface area (Å²) in [6.07, 6.45) is 0.742. The first-order valence-electron chi connectivity index (χ1n) is 7.51. The van der Waals surface area contributed by atoms with Gasteiger partial charge in [0.25, 0.3) is 5.91 Å². The van der Waals surface area contributed by atoms with Crippen LogP contribution in [0.1, 0.15) is 40.8 Å². The highest BCUT2D eigenvalue weighted by Gasteiger charge is 2.35. The molecule has 22 heavy (non-hydrogen) atoms. The summed E-state index contributed by atoms with van der Waals surface area (Å²) in [4.78, 5) is 15.7. The van der Waals surface area contributed by atoms with E-state index >= 15 is 0 Å². The fourth-order valence-electron chi connectivity index (χ4n) is 2.88. The van der Waals surface area contributed by atoms with E-state index in [0.717, 1.165) is 24.4 Å². The number of nitrogens with zero attached hydrogens (tertiary/aromatic N) is 3. The van der Waals surface area contributed by atoms with Crippen molar-refractivity contribution in [3.05, 3.63) is 46.5 Å². The summed E-state index contributed by atoms with van der Waals surface area (Å²) in [5.74, 6) is 1.05. The Morgan fingerprint density at radius 1 is 1.36 bits per heavy atom. The summed E-state index contributed by atoms with van der Waals surface area (Å²) >= 11 is 3.14. The molecule has 2 heterocycles. The summed E-state index contributed by atoms with van der Waals surface area (Å²) in [6, 6.07) is 10.4. The Morgan fingerprint density at radius 3 is 2.86 bits per heavy atom. The lowest BCUT2D eigenvalue weighted by atomic mass is 10.0. The summed E-state index contributed by atoms with van der Waals surface area (Å²) in [7, 11) is 0. The number of hydrogen-bond donors (Lipinski definition) is 0. The van der Waals surface area contributed by atoms with Crippen LogP contribution in [0.15, 0.2) is 30.3 Å². The molecule has 1 saturated heterocycles. The Morgan fingerprint density at radius 2 is 2.14 bits per heavy atom. The zero-order valence-electron chi connectivity index (χ0n) is 12.7. The Labute approximate surface area is 139 Å². The molecule has 1 fully saturated rings. The molecule has 0 bridgehead atoms. The van der Waals surface area contributed by atoms with Gasteiger partial charge in [-0.15, -0.1) is 5.10 Å². The minimum Gasteiger partial charge on any atom is -0.329 e. The number of carbonyl (C=O) groups excluding carboxylic acids is 1. The number of rotatable bonds is 3. The van der Waals surface area contributed by atoms with E-state index in [4.69, 9.17) is 0 Å². The monoisotopic (exact) mass is 333 g/mol. The maximum Gasteiger partial charge on any atom is 0.268 e. The molecule has 2 aromatic rings. The van der Waals surface area contributed by atoms with E-state index in [2.05, 4.69) is 28.6 Å². The van der Waals surface area contributed by atoms with E-state index in [0.29, 0.717) is 10.1 Å². The zero-order valence-corrected chi connectivity index (χ0v) is 14.4. The summed E-state index contributed by atoms with van der Waals surface area (Å²) in [5, 5.41) is 4.46. The molecule has 1 aliphatic heterocycles. The van der Waals surface area contributed by atoms with Gasteiger partial charge in [0.2, 0.25) is 0 Å². The third kappa shape index (κ3) is 2.90. The molecule has 1 aromatic carbocycles. The largest absolute Gasteiger partial charge is 0.329 e. The predicted molar refractivity (Wildman–Crippen MR) is 91.4 cm³/mol. The molecule has 2 atom stereocenters. The smallest absolute Gasteiger partial charge is 0.268 e. The van der Waals surface area contributed by atoms with Crippen LogP contribution in [0.4, 0.5) is 0 Å². The minimum absolute atomic E-state index is 0.0767. The predicted octanol–water partition coefficient (Wildman–Crippen LogP) is 3.42. The molecule has 1 aromatic heterocycles. The van der Waals surface area contributed by atoms with Crippen LogP contribution < -0.4 is 0 Å². The standard InChI is InChI=1S/C16H19N3OS2/c1-3-13-15(22-18-17-13)16(20)19-9-10-21-11(2)14(19)12-7-5-4-6-8-12/h4-8,11,14H,3,9-10H2,1-2H3. The number of amides is 1. The molecular weight excluding hydrogens is 314 g/mol. The average Bonchev–Trinajstić information content (AvgIpc) is 3.03. The fourth-order valence-corrected chi connectivity index (χ4v) is 4.75. The van der Waals surface area contributed by atoms with Crippen molar-refractivity contribution in [3.63, 3.8) is 0 Å². The fraction of sp³-hybridized carbons (Fsp3) is 0.438. The SMILES string of the molecule is CCc1nnsc1C(=O)N1CCSC(C)C1c1ccccc1. The van der Waals surface area contributed by atoms with E-state index in [1.165, 1.54) is 17.1 Å². The van der Waals surface area contributed by atoms with Gasteiger partial charge in [-0.1, -0.05) is 48.7 Å². The van der Waals surface area contributed by atoms with Gasteiger partial charge < -0.3 is 4.90 Å². The van der Waals surface area contributed by atoms with Crippen molar-refractivity contribution in [3.8, 4) is 0 Å². The maximum atomic E-state index is 13.0. The number of aromatic nitrogens is 2. The summed E-state index contributed by atoms with van der Waals surface area (Å²) in [6.45, 7) is 4.98. The van der Waals surface area contributed by atoms with Crippen molar-refractivity contribution in [1.29, 1.82) is 0 Å². The summed E-state index contributed by atoms with van der Waals surface area (Å²) < 4.78 is 3.96. The van der Waals surface area contributed by atoms with Crippen molar-refractivity contribution in [2.24, 2.45) is 0 Å². The van der Waals surface area contributed by atoms with E-state index in [1.54, 1.807) is 0 Å². The molecule has 116 valence electrons. The third-order valence-corrected chi connectivity index (χ3v) is 5.94. The highest BCUT2D eigenvalue weighted by Crippen LogP contribution is 2.37. The normalized spacial score (nSPS) is 21.8. The first kappa shape index (κ1) is 15.5. The van der Waals surface area contributed by atoms with Crippen LogP contribution in [0.25, 0.3) is 0 Å². The van der Waals surface area contributed by atoms with Crippen LogP contribution in [-0.4, -0.2) is 37.9 Å². The van der Waals surface area contributed by atoms with Gasteiger partial charge in [-0.3, -0.25) is 4.79 Å². The highest BCUT2D eigenvalue weighted by atomic mass is 32.2. The number of thioether (sulfide) groups is 1. The van der Waals surface area contributed by atoms with Gasteiger partial charge in [-0.05, 0) is 23.5 Å². The number of benzene rings is 1. The van der Waals surface area contributed by atoms with E-state index in [-0.39, 0.29) is 11.9 Å². The molecule has 0 radical (unpaired) electrons.